The molecule has 4 heteroatoms. The highest BCUT2D eigenvalue weighted by atomic mass is 16.5. The first-order chi connectivity index (χ1) is 13.6. The number of hydrogen-bond acceptors (Lipinski definition) is 3. The topological polar surface area (TPSA) is 57.6 Å². The second-order valence-corrected chi connectivity index (χ2v) is 7.60. The maximum atomic E-state index is 13.2. The van der Waals surface area contributed by atoms with Crippen LogP contribution < -0.4 is 0 Å². The molecule has 0 aromatic heterocycles. The van der Waals surface area contributed by atoms with Crippen molar-refractivity contribution in [2.75, 3.05) is 0 Å². The van der Waals surface area contributed by atoms with E-state index in [1.54, 1.807) is 0 Å². The first-order valence-electron chi connectivity index (χ1n) is 9.41. The number of rotatable bonds is 3. The predicted molar refractivity (Wildman–Crippen MR) is 105 cm³/mol. The lowest BCUT2D eigenvalue weighted by Gasteiger charge is -2.29. The smallest absolute Gasteiger partial charge is 0.264 e. The second-order valence-electron chi connectivity index (χ2n) is 7.60. The van der Waals surface area contributed by atoms with E-state index in [4.69, 9.17) is 0 Å². The molecule has 2 amide bonds. The first-order valence-corrected chi connectivity index (χ1v) is 9.41. The van der Waals surface area contributed by atoms with Crippen molar-refractivity contribution >= 4 is 11.8 Å². The minimum Gasteiger partial charge on any atom is -0.278 e. The molecular formula is C24H19NO3. The summed E-state index contributed by atoms with van der Waals surface area (Å²) in [6.45, 7) is 0. The van der Waals surface area contributed by atoms with Crippen molar-refractivity contribution in [1.82, 2.24) is 5.06 Å². The normalized spacial score (nSPS) is 20.4. The molecule has 1 fully saturated rings. The number of carbonyl (C=O) groups is 2. The molecule has 0 radical (unpaired) electrons. The van der Waals surface area contributed by atoms with E-state index in [1.165, 1.54) is 11.1 Å². The Balaban J connectivity index is 1.70. The summed E-state index contributed by atoms with van der Waals surface area (Å²) < 4.78 is 0. The standard InChI is InChI=1S/C24H19NO3/c26-22-15-24(23(27)25(22)28,14-16-7-2-1-3-8-16)21-12-6-11-19-18-10-5-4-9-17(18)13-20(19)21/h1-12,28H,13-15H2. The Morgan fingerprint density at radius 2 is 1.57 bits per heavy atom. The highest BCUT2D eigenvalue weighted by Gasteiger charge is 2.54. The van der Waals surface area contributed by atoms with Crippen molar-refractivity contribution in [3.63, 3.8) is 0 Å². The number of hydrogen-bond donors (Lipinski definition) is 1. The third kappa shape index (κ3) is 2.35. The molecule has 0 saturated carbocycles. The van der Waals surface area contributed by atoms with E-state index in [1.807, 2.05) is 54.6 Å². The molecular weight excluding hydrogens is 350 g/mol. The monoisotopic (exact) mass is 369 g/mol. The van der Waals surface area contributed by atoms with Gasteiger partial charge < -0.3 is 0 Å². The molecule has 0 spiro atoms. The number of benzene rings is 3. The molecule has 1 atom stereocenters. The van der Waals surface area contributed by atoms with E-state index in [-0.39, 0.29) is 6.42 Å². The van der Waals surface area contributed by atoms with Gasteiger partial charge in [-0.2, -0.15) is 5.06 Å². The van der Waals surface area contributed by atoms with Crippen molar-refractivity contribution < 1.29 is 14.8 Å². The average Bonchev–Trinajstić information content (AvgIpc) is 3.20. The summed E-state index contributed by atoms with van der Waals surface area (Å²) in [7, 11) is 0. The van der Waals surface area contributed by atoms with E-state index < -0.39 is 17.2 Å². The molecule has 3 aromatic carbocycles. The van der Waals surface area contributed by atoms with Crippen LogP contribution >= 0.6 is 0 Å². The Labute approximate surface area is 163 Å². The van der Waals surface area contributed by atoms with Crippen LogP contribution in [0.1, 0.15) is 28.7 Å². The Morgan fingerprint density at radius 3 is 2.32 bits per heavy atom. The lowest BCUT2D eigenvalue weighted by atomic mass is 9.71. The minimum absolute atomic E-state index is 0.0238. The fourth-order valence-electron chi connectivity index (χ4n) is 4.72. The summed E-state index contributed by atoms with van der Waals surface area (Å²) >= 11 is 0. The van der Waals surface area contributed by atoms with Crippen LogP contribution in [0.15, 0.2) is 72.8 Å². The van der Waals surface area contributed by atoms with Gasteiger partial charge in [-0.15, -0.1) is 0 Å². The van der Waals surface area contributed by atoms with E-state index in [9.17, 15) is 14.8 Å². The third-order valence-electron chi connectivity index (χ3n) is 6.01. The van der Waals surface area contributed by atoms with Gasteiger partial charge in [-0.1, -0.05) is 72.8 Å². The molecule has 1 N–H and O–H groups in total. The van der Waals surface area contributed by atoms with Crippen LogP contribution in [-0.4, -0.2) is 22.1 Å². The van der Waals surface area contributed by atoms with Crippen LogP contribution in [0.2, 0.25) is 0 Å². The van der Waals surface area contributed by atoms with Crippen LogP contribution in [0.5, 0.6) is 0 Å². The molecule has 28 heavy (non-hydrogen) atoms. The number of nitrogens with zero attached hydrogens (tertiary/aromatic N) is 1. The van der Waals surface area contributed by atoms with Crippen LogP contribution in [0.3, 0.4) is 0 Å². The lowest BCUT2D eigenvalue weighted by molar-refractivity contribution is -0.172. The van der Waals surface area contributed by atoms with E-state index in [0.29, 0.717) is 11.5 Å². The molecule has 5 rings (SSSR count). The zero-order valence-corrected chi connectivity index (χ0v) is 15.3. The number of amides is 2. The summed E-state index contributed by atoms with van der Waals surface area (Å²) in [4.78, 5) is 25.5. The van der Waals surface area contributed by atoms with Gasteiger partial charge in [-0.05, 0) is 46.2 Å². The molecule has 138 valence electrons. The molecule has 1 aliphatic carbocycles. The van der Waals surface area contributed by atoms with Gasteiger partial charge in [-0.25, -0.2) is 0 Å². The Bertz CT molecular complexity index is 1110. The highest BCUT2D eigenvalue weighted by molar-refractivity contribution is 6.08. The quantitative estimate of drug-likeness (QED) is 0.440. The minimum atomic E-state index is -1.08. The van der Waals surface area contributed by atoms with Crippen LogP contribution in [-0.2, 0) is 27.8 Å². The number of fused-ring (bicyclic) bond motifs is 3. The van der Waals surface area contributed by atoms with Crippen molar-refractivity contribution in [1.29, 1.82) is 0 Å². The Kier molecular flexibility index (Phi) is 3.71. The zero-order valence-electron chi connectivity index (χ0n) is 15.3. The SMILES string of the molecule is O=C1CC(Cc2ccccc2)(c2cccc3c2Cc2ccccc2-3)C(=O)N1O. The molecule has 1 aliphatic heterocycles. The zero-order chi connectivity index (χ0) is 19.3. The summed E-state index contributed by atoms with van der Waals surface area (Å²) in [6, 6.07) is 23.9. The second kappa shape index (κ2) is 6.14. The summed E-state index contributed by atoms with van der Waals surface area (Å²) in [5.74, 6) is -1.08. The van der Waals surface area contributed by atoms with Crippen LogP contribution in [0.25, 0.3) is 11.1 Å². The van der Waals surface area contributed by atoms with Gasteiger partial charge in [0.2, 0.25) is 0 Å². The largest absolute Gasteiger partial charge is 0.278 e. The van der Waals surface area contributed by atoms with Gasteiger partial charge >= 0.3 is 0 Å². The van der Waals surface area contributed by atoms with Crippen molar-refractivity contribution in [3.8, 4) is 11.1 Å². The Hall–Kier alpha value is -3.24. The van der Waals surface area contributed by atoms with Crippen molar-refractivity contribution in [2.45, 2.75) is 24.7 Å². The van der Waals surface area contributed by atoms with E-state index in [2.05, 4.69) is 18.2 Å². The van der Waals surface area contributed by atoms with Gasteiger partial charge in [0.05, 0.1) is 5.41 Å². The molecule has 1 heterocycles. The molecule has 1 unspecified atom stereocenters. The predicted octanol–water partition coefficient (Wildman–Crippen LogP) is 3.89. The number of hydroxylamine groups is 2. The van der Waals surface area contributed by atoms with E-state index >= 15 is 0 Å². The third-order valence-corrected chi connectivity index (χ3v) is 6.01. The fourth-order valence-corrected chi connectivity index (χ4v) is 4.72. The van der Waals surface area contributed by atoms with Gasteiger partial charge in [0.15, 0.2) is 0 Å². The number of carbonyl (C=O) groups excluding carboxylic acids is 2. The molecule has 0 bridgehead atoms. The maximum absolute atomic E-state index is 13.2. The van der Waals surface area contributed by atoms with Gasteiger partial charge in [0.25, 0.3) is 11.8 Å². The summed E-state index contributed by atoms with van der Waals surface area (Å²) in [6.07, 6.45) is 1.08. The van der Waals surface area contributed by atoms with Crippen molar-refractivity contribution in [2.24, 2.45) is 0 Å². The highest BCUT2D eigenvalue weighted by Crippen LogP contribution is 2.46. The van der Waals surface area contributed by atoms with Crippen LogP contribution in [0.4, 0.5) is 0 Å². The summed E-state index contributed by atoms with van der Waals surface area (Å²) in [5.41, 5.74) is 5.31. The van der Waals surface area contributed by atoms with Gasteiger partial charge in [0, 0.05) is 6.42 Å². The van der Waals surface area contributed by atoms with E-state index in [0.717, 1.165) is 28.7 Å². The van der Waals surface area contributed by atoms with Gasteiger partial charge in [0.1, 0.15) is 0 Å². The van der Waals surface area contributed by atoms with Crippen LogP contribution in [0, 0.1) is 0 Å². The lowest BCUT2D eigenvalue weighted by Crippen LogP contribution is -2.39. The Morgan fingerprint density at radius 1 is 0.857 bits per heavy atom. The molecule has 1 saturated heterocycles. The van der Waals surface area contributed by atoms with Gasteiger partial charge in [-0.3, -0.25) is 14.8 Å². The average molecular weight is 369 g/mol. The molecule has 2 aliphatic rings. The molecule has 4 nitrogen and oxygen atoms in total. The summed E-state index contributed by atoms with van der Waals surface area (Å²) in [5, 5.41) is 10.4. The molecule has 3 aromatic rings. The fraction of sp³-hybridized carbons (Fsp3) is 0.167. The number of imide groups is 1. The first kappa shape index (κ1) is 16.9. The maximum Gasteiger partial charge on any atom is 0.264 e. The van der Waals surface area contributed by atoms with Crippen molar-refractivity contribution in [3.05, 3.63) is 95.1 Å².